The molecule has 451 valence electrons. The summed E-state index contributed by atoms with van der Waals surface area (Å²) in [6.45, 7) is 5.00. The van der Waals surface area contributed by atoms with Crippen LogP contribution in [0.5, 0.6) is 17.2 Å². The van der Waals surface area contributed by atoms with Crippen molar-refractivity contribution in [3.8, 4) is 73.8 Å². The van der Waals surface area contributed by atoms with Crippen LogP contribution >= 0.6 is 0 Å². The monoisotopic (exact) mass is 1260 g/mol. The Balaban J connectivity index is 0.000000272. The number of carboxylic acid groups (broad SMARTS) is 1. The number of hydrogen-bond donors (Lipinski definition) is 2. The van der Waals surface area contributed by atoms with Crippen molar-refractivity contribution in [1.29, 1.82) is 5.26 Å². The molecule has 0 unspecified atom stereocenters. The molecular formula is C60H42F12N5O9V-. The molecule has 3 aromatic heterocycles. The molecule has 0 fully saturated rings. The molecule has 1 amide bonds. The number of alkyl halides is 9. The third-order valence-corrected chi connectivity index (χ3v) is 11.3. The summed E-state index contributed by atoms with van der Waals surface area (Å²) in [5.74, 6) is -5.00. The van der Waals surface area contributed by atoms with Crippen molar-refractivity contribution < 1.29 is 100 Å². The fourth-order valence-corrected chi connectivity index (χ4v) is 7.68. The largest absolute Gasteiger partial charge is 0.573 e. The van der Waals surface area contributed by atoms with E-state index in [4.69, 9.17) is 5.73 Å². The van der Waals surface area contributed by atoms with Crippen LogP contribution in [0.15, 0.2) is 197 Å². The Morgan fingerprint density at radius 3 is 1.01 bits per heavy atom. The predicted molar refractivity (Wildman–Crippen MR) is 290 cm³/mol. The summed E-state index contributed by atoms with van der Waals surface area (Å²) in [5.41, 5.74) is 6.01. The molecule has 0 aliphatic heterocycles. The van der Waals surface area contributed by atoms with Gasteiger partial charge in [0.05, 0.1) is 16.7 Å². The number of amides is 1. The number of benzene rings is 6. The number of aromatic carboxylic acids is 1. The number of primary amides is 1. The normalized spacial score (nSPS) is 10.8. The second kappa shape index (κ2) is 29.5. The zero-order chi connectivity index (χ0) is 62.6. The van der Waals surface area contributed by atoms with Crippen molar-refractivity contribution in [2.24, 2.45) is 5.73 Å². The van der Waals surface area contributed by atoms with E-state index in [0.717, 1.165) is 75.9 Å². The molecule has 6 aromatic carbocycles. The SMILES string of the molecule is C.N#Cc1cc(=O)n(-c2ccc(OC(F)(F)F)cc2)cc1-c1ccc(F)cc1.NC(=O)c1cc(=O)n(-c2ccc(OC(F)(F)F)cc2)cc1-c1ccc(F)cc1.O=C(O)c1cc(=O)n(-c2ccc(OC(F)(F)F)cc2)cc1-c1ccc(F)cc1.[CH2-]C.[V]. The van der Waals surface area contributed by atoms with Gasteiger partial charge in [0.1, 0.15) is 40.8 Å². The molecule has 1 radical (unpaired) electrons. The number of carboxylic acids is 1. The van der Waals surface area contributed by atoms with Gasteiger partial charge < -0.3 is 32.0 Å². The van der Waals surface area contributed by atoms with Gasteiger partial charge in [0.2, 0.25) is 5.91 Å². The van der Waals surface area contributed by atoms with E-state index in [-0.39, 0.29) is 70.9 Å². The maximum atomic E-state index is 13.2. The Hall–Kier alpha value is -10.3. The zero-order valence-corrected chi connectivity index (χ0v) is 45.0. The van der Waals surface area contributed by atoms with Crippen LogP contribution in [0.3, 0.4) is 0 Å². The Morgan fingerprint density at radius 2 is 0.736 bits per heavy atom. The molecule has 0 aliphatic carbocycles. The summed E-state index contributed by atoms with van der Waals surface area (Å²) < 4.78 is 165. The van der Waals surface area contributed by atoms with Crippen molar-refractivity contribution in [3.05, 3.63) is 255 Å². The number of aromatic nitrogens is 3. The number of ether oxygens (including phenoxy) is 3. The molecule has 14 nitrogen and oxygen atoms in total. The number of nitrogens with two attached hydrogens (primary N) is 1. The predicted octanol–water partition coefficient (Wildman–Crippen LogP) is 13.8. The minimum atomic E-state index is -4.85. The number of nitriles is 1. The van der Waals surface area contributed by atoms with Gasteiger partial charge in [-0.3, -0.25) is 32.9 Å². The van der Waals surface area contributed by atoms with Gasteiger partial charge in [-0.15, -0.1) is 39.5 Å². The van der Waals surface area contributed by atoms with Gasteiger partial charge >= 0.3 is 25.1 Å². The third-order valence-electron chi connectivity index (χ3n) is 11.3. The quantitative estimate of drug-likeness (QED) is 0.0928. The Labute approximate surface area is 496 Å². The van der Waals surface area contributed by atoms with Crippen LogP contribution in [-0.2, 0) is 18.6 Å². The average molecular weight is 1260 g/mol. The van der Waals surface area contributed by atoms with Gasteiger partial charge in [-0.2, -0.15) is 12.2 Å². The summed E-state index contributed by atoms with van der Waals surface area (Å²) in [4.78, 5) is 60.2. The van der Waals surface area contributed by atoms with Crippen LogP contribution in [0.4, 0.5) is 52.7 Å². The second-order valence-corrected chi connectivity index (χ2v) is 16.9. The number of hydrogen-bond acceptors (Lipinski definition) is 9. The first-order valence-corrected chi connectivity index (χ1v) is 23.8. The van der Waals surface area contributed by atoms with E-state index in [0.29, 0.717) is 22.3 Å². The molecule has 3 N–H and O–H groups in total. The van der Waals surface area contributed by atoms with Gasteiger partial charge in [0.25, 0.3) is 16.7 Å². The van der Waals surface area contributed by atoms with Crippen molar-refractivity contribution in [3.63, 3.8) is 0 Å². The summed E-state index contributed by atoms with van der Waals surface area (Å²) in [6.07, 6.45) is -10.6. The minimum absolute atomic E-state index is 0. The van der Waals surface area contributed by atoms with Crippen molar-refractivity contribution in [2.45, 2.75) is 33.4 Å². The van der Waals surface area contributed by atoms with Gasteiger partial charge in [-0.05, 0) is 126 Å². The maximum Gasteiger partial charge on any atom is 0.573 e. The van der Waals surface area contributed by atoms with E-state index in [1.807, 2.05) is 6.07 Å². The second-order valence-electron chi connectivity index (χ2n) is 16.9. The molecule has 9 aromatic rings. The molecule has 0 spiro atoms. The van der Waals surface area contributed by atoms with Gasteiger partial charge in [0, 0.05) is 89.1 Å². The summed E-state index contributed by atoms with van der Waals surface area (Å²) in [7, 11) is 0. The van der Waals surface area contributed by atoms with Crippen molar-refractivity contribution in [2.75, 3.05) is 0 Å². The first-order chi connectivity index (χ1) is 40.0. The summed E-state index contributed by atoms with van der Waals surface area (Å²) in [6, 6.07) is 34.2. The van der Waals surface area contributed by atoms with Crippen LogP contribution in [0.2, 0.25) is 0 Å². The van der Waals surface area contributed by atoms with E-state index >= 15 is 0 Å². The molecular weight excluding hydrogens is 1210 g/mol. The average Bonchev–Trinajstić information content (AvgIpc) is 1.47. The first kappa shape index (κ1) is 69.2. The Bertz CT molecular complexity index is 3880. The zero-order valence-electron chi connectivity index (χ0n) is 43.6. The maximum absolute atomic E-state index is 13.2. The van der Waals surface area contributed by atoms with Gasteiger partial charge in [-0.25, -0.2) is 18.0 Å². The van der Waals surface area contributed by atoms with E-state index in [9.17, 15) is 87.0 Å². The van der Waals surface area contributed by atoms with Crippen molar-refractivity contribution >= 4 is 11.9 Å². The molecule has 3 heterocycles. The number of rotatable bonds is 11. The van der Waals surface area contributed by atoms with Crippen LogP contribution < -0.4 is 36.6 Å². The molecule has 0 atom stereocenters. The van der Waals surface area contributed by atoms with Crippen LogP contribution in [-0.4, -0.2) is 49.8 Å². The van der Waals surface area contributed by atoms with E-state index in [1.165, 1.54) is 120 Å². The molecule has 27 heteroatoms. The molecule has 0 aliphatic rings. The third kappa shape index (κ3) is 19.1. The topological polar surface area (TPSA) is 198 Å². The van der Waals surface area contributed by atoms with Crippen LogP contribution in [0.25, 0.3) is 50.4 Å². The minimum Gasteiger partial charge on any atom is -0.478 e. The smallest absolute Gasteiger partial charge is 0.478 e. The fourth-order valence-electron chi connectivity index (χ4n) is 7.68. The molecule has 87 heavy (non-hydrogen) atoms. The van der Waals surface area contributed by atoms with Gasteiger partial charge in [-0.1, -0.05) is 43.8 Å². The molecule has 0 saturated heterocycles. The molecule has 9 rings (SSSR count). The first-order valence-electron chi connectivity index (χ1n) is 23.8. The Morgan fingerprint density at radius 1 is 0.471 bits per heavy atom. The fraction of sp³-hybridized carbons (Fsp3) is 0.0833. The number of pyridine rings is 3. The summed E-state index contributed by atoms with van der Waals surface area (Å²) >= 11 is 0. The van der Waals surface area contributed by atoms with E-state index in [2.05, 4.69) is 21.1 Å². The van der Waals surface area contributed by atoms with E-state index in [1.54, 1.807) is 6.92 Å². The number of halogens is 12. The standard InChI is InChI=1S/C19H12F4N2O3.C19H10F4N2O2.C19H11F4NO4.C2H5.CH4.V/c20-12-3-1-11(2-4-12)16-10-25(17(26)9-15(16)18(24)27)13-5-7-14(8-6-13)28-19(21,22)23;20-14-3-1-12(2-4-14)17-11-25(18(26)9-13(17)10-24)15-5-7-16(8-6-15)27-19(21,22)23;20-12-3-1-11(2-4-12)16-10-24(17(25)9-15(16)18(26)27)13-5-7-14(8-6-13)28-19(21,22)23;1-2;;/h1-10H,(H2,24,27);1-9,11H;1-10H,(H,26,27);1H2,2H3;1H4;/q;;;-1;;. The summed E-state index contributed by atoms with van der Waals surface area (Å²) in [5, 5.41) is 18.6. The molecule has 0 saturated carbocycles. The number of carbonyl (C=O) groups is 2. The van der Waals surface area contributed by atoms with Crippen molar-refractivity contribution in [1.82, 2.24) is 13.7 Å². The number of nitrogens with zero attached hydrogens (tertiary/aromatic N) is 4. The van der Waals surface area contributed by atoms with Crippen LogP contribution in [0.1, 0.15) is 40.6 Å². The molecule has 0 bridgehead atoms. The Kier molecular flexibility index (Phi) is 23.5. The number of carbonyl (C=O) groups excluding carboxylic acids is 1. The van der Waals surface area contributed by atoms with Gasteiger partial charge in [0.15, 0.2) is 0 Å². The van der Waals surface area contributed by atoms with Crippen LogP contribution in [0, 0.1) is 35.7 Å². The van der Waals surface area contributed by atoms with E-state index < -0.39 is 82.3 Å².